The van der Waals surface area contributed by atoms with Gasteiger partial charge in [-0.1, -0.05) is 36.4 Å². The lowest BCUT2D eigenvalue weighted by atomic mass is 10.0. The minimum absolute atomic E-state index is 0.0495. The number of benzene rings is 2. The van der Waals surface area contributed by atoms with E-state index in [0.29, 0.717) is 30.6 Å². The number of nitrogens with zero attached hydrogens (tertiary/aromatic N) is 3. The molecule has 0 radical (unpaired) electrons. The van der Waals surface area contributed by atoms with Gasteiger partial charge in [-0.2, -0.15) is 5.10 Å². The molecule has 4 amide bonds. The summed E-state index contributed by atoms with van der Waals surface area (Å²) >= 11 is 0. The van der Waals surface area contributed by atoms with E-state index in [-0.39, 0.29) is 24.3 Å². The van der Waals surface area contributed by atoms with Crippen LogP contribution in [0.1, 0.15) is 60.1 Å². The summed E-state index contributed by atoms with van der Waals surface area (Å²) in [5, 5.41) is 7.50. The molecule has 3 N–H and O–H groups in total. The largest absolute Gasteiger partial charge is 0.349 e. The van der Waals surface area contributed by atoms with Crippen LogP contribution in [0.5, 0.6) is 0 Å². The number of amides is 4. The number of epoxide rings is 1. The second kappa shape index (κ2) is 13.0. The average Bonchev–Trinajstić information content (AvgIpc) is 3.71. The third-order valence-electron chi connectivity index (χ3n) is 7.61. The summed E-state index contributed by atoms with van der Waals surface area (Å²) < 4.78 is 7.03. The first kappa shape index (κ1) is 29.0. The normalized spacial score (nSPS) is 18.6. The van der Waals surface area contributed by atoms with Gasteiger partial charge < -0.3 is 15.0 Å². The van der Waals surface area contributed by atoms with Crippen molar-refractivity contribution < 1.29 is 23.9 Å². The molecule has 3 heterocycles. The van der Waals surface area contributed by atoms with E-state index in [1.165, 1.54) is 0 Å². The maximum atomic E-state index is 13.2. The summed E-state index contributed by atoms with van der Waals surface area (Å²) in [4.78, 5) is 52.3. The average molecular weight is 573 g/mol. The molecule has 0 saturated carbocycles. The van der Waals surface area contributed by atoms with E-state index < -0.39 is 24.0 Å². The Morgan fingerprint density at radius 2 is 1.76 bits per heavy atom. The Morgan fingerprint density at radius 3 is 2.52 bits per heavy atom. The number of likely N-dealkylation sites (tertiary alicyclic amines) is 1. The van der Waals surface area contributed by atoms with Gasteiger partial charge in [0.25, 0.3) is 17.7 Å². The molecule has 2 fully saturated rings. The number of nitrogens with one attached hydrogen (secondary N) is 3. The van der Waals surface area contributed by atoms with Gasteiger partial charge in [0.15, 0.2) is 12.2 Å². The third kappa shape index (κ3) is 7.03. The lowest BCUT2D eigenvalue weighted by Gasteiger charge is -2.25. The van der Waals surface area contributed by atoms with Gasteiger partial charge in [-0.25, -0.2) is 0 Å². The van der Waals surface area contributed by atoms with Crippen LogP contribution in [-0.4, -0.2) is 63.6 Å². The van der Waals surface area contributed by atoms with E-state index in [0.717, 1.165) is 36.1 Å². The van der Waals surface area contributed by atoms with Crippen molar-refractivity contribution in [1.82, 2.24) is 30.8 Å². The first-order chi connectivity index (χ1) is 20.3. The number of aromatic nitrogens is 2. The van der Waals surface area contributed by atoms with E-state index in [1.54, 1.807) is 21.7 Å². The van der Waals surface area contributed by atoms with Crippen molar-refractivity contribution in [2.75, 3.05) is 13.1 Å². The van der Waals surface area contributed by atoms with Crippen LogP contribution in [0.25, 0.3) is 11.3 Å². The van der Waals surface area contributed by atoms with Gasteiger partial charge >= 0.3 is 0 Å². The summed E-state index contributed by atoms with van der Waals surface area (Å²) in [6, 6.07) is 16.7. The Kier molecular flexibility index (Phi) is 8.97. The number of carbonyl (C=O) groups excluding carboxylic acids is 4. The molecule has 0 aliphatic carbocycles. The minimum atomic E-state index is -0.893. The molecule has 3 aromatic rings. The number of rotatable bonds is 9. The van der Waals surface area contributed by atoms with Crippen molar-refractivity contribution >= 4 is 23.6 Å². The van der Waals surface area contributed by atoms with Crippen molar-refractivity contribution in [2.24, 2.45) is 7.05 Å². The fraction of sp³-hybridized carbons (Fsp3) is 0.387. The minimum Gasteiger partial charge on any atom is -0.349 e. The van der Waals surface area contributed by atoms with Crippen LogP contribution in [-0.2, 0) is 32.6 Å². The van der Waals surface area contributed by atoms with E-state index in [4.69, 9.17) is 4.74 Å². The van der Waals surface area contributed by atoms with E-state index in [9.17, 15) is 19.2 Å². The molecule has 0 spiro atoms. The molecule has 0 bridgehead atoms. The van der Waals surface area contributed by atoms with Crippen LogP contribution in [0.15, 0.2) is 60.8 Å². The van der Waals surface area contributed by atoms with Crippen molar-refractivity contribution in [3.63, 3.8) is 0 Å². The number of piperidine rings is 1. The Labute approximate surface area is 244 Å². The first-order valence-corrected chi connectivity index (χ1v) is 14.3. The van der Waals surface area contributed by atoms with Crippen LogP contribution in [0.3, 0.4) is 0 Å². The number of hydrogen-bond acceptors (Lipinski definition) is 6. The summed E-state index contributed by atoms with van der Waals surface area (Å²) in [6.45, 7) is 3.28. The monoisotopic (exact) mass is 572 g/mol. The predicted octanol–water partition coefficient (Wildman–Crippen LogP) is 2.44. The smallest absolute Gasteiger partial charge is 0.270 e. The molecule has 2 aromatic carbocycles. The SMILES string of the molecule is C[C@@H](NC(=O)c1ccccc1CCC(=O)NNC(=O)[C@H]1O[C@@H]1C(=O)N1CCCCC1)c1cccc(-c2ccn(C)n2)c1. The number of ether oxygens (including phenoxy) is 1. The lowest BCUT2D eigenvalue weighted by Crippen LogP contribution is -2.45. The number of aryl methyl sites for hydroxylation is 2. The first-order valence-electron chi connectivity index (χ1n) is 14.3. The molecule has 2 aliphatic rings. The Hall–Kier alpha value is -4.51. The van der Waals surface area contributed by atoms with Gasteiger partial charge in [-0.05, 0) is 61.9 Å². The topological polar surface area (TPSA) is 138 Å². The molecule has 11 nitrogen and oxygen atoms in total. The molecule has 220 valence electrons. The van der Waals surface area contributed by atoms with Crippen LogP contribution in [0.2, 0.25) is 0 Å². The van der Waals surface area contributed by atoms with Crippen molar-refractivity contribution in [3.05, 3.63) is 77.5 Å². The lowest BCUT2D eigenvalue weighted by molar-refractivity contribution is -0.133. The maximum Gasteiger partial charge on any atom is 0.270 e. The van der Waals surface area contributed by atoms with Gasteiger partial charge in [0, 0.05) is 43.9 Å². The number of hydrogen-bond donors (Lipinski definition) is 3. The van der Waals surface area contributed by atoms with Crippen molar-refractivity contribution in [1.29, 1.82) is 0 Å². The summed E-state index contributed by atoms with van der Waals surface area (Å²) in [5.41, 5.74) is 8.69. The molecule has 1 aromatic heterocycles. The molecule has 3 atom stereocenters. The van der Waals surface area contributed by atoms with Crippen LogP contribution in [0, 0.1) is 0 Å². The molecule has 11 heteroatoms. The highest BCUT2D eigenvalue weighted by molar-refractivity contribution is 5.97. The maximum absolute atomic E-state index is 13.2. The molecule has 5 rings (SSSR count). The predicted molar refractivity (Wildman–Crippen MR) is 155 cm³/mol. The molecule has 0 unspecified atom stereocenters. The van der Waals surface area contributed by atoms with Gasteiger partial charge in [0.05, 0.1) is 11.7 Å². The molecule has 2 saturated heterocycles. The highest BCUT2D eigenvalue weighted by Gasteiger charge is 2.52. The van der Waals surface area contributed by atoms with Crippen molar-refractivity contribution in [2.45, 2.75) is 57.3 Å². The fourth-order valence-corrected chi connectivity index (χ4v) is 5.16. The molecule has 2 aliphatic heterocycles. The summed E-state index contributed by atoms with van der Waals surface area (Å²) in [5.74, 6) is -1.39. The van der Waals surface area contributed by atoms with Gasteiger partial charge in [-0.15, -0.1) is 0 Å². The fourth-order valence-electron chi connectivity index (χ4n) is 5.16. The van der Waals surface area contributed by atoms with Crippen molar-refractivity contribution in [3.8, 4) is 11.3 Å². The second-order valence-electron chi connectivity index (χ2n) is 10.8. The zero-order valence-electron chi connectivity index (χ0n) is 23.8. The Morgan fingerprint density at radius 1 is 0.976 bits per heavy atom. The van der Waals surface area contributed by atoms with E-state index in [1.807, 2.05) is 62.6 Å². The van der Waals surface area contributed by atoms with Crippen LogP contribution >= 0.6 is 0 Å². The van der Waals surface area contributed by atoms with E-state index >= 15 is 0 Å². The Balaban J connectivity index is 1.10. The number of carbonyl (C=O) groups is 4. The molecular weight excluding hydrogens is 536 g/mol. The highest BCUT2D eigenvalue weighted by atomic mass is 16.6. The highest BCUT2D eigenvalue weighted by Crippen LogP contribution is 2.26. The Bertz CT molecular complexity index is 1460. The zero-order valence-corrected chi connectivity index (χ0v) is 23.8. The molecule has 42 heavy (non-hydrogen) atoms. The zero-order chi connectivity index (χ0) is 29.6. The van der Waals surface area contributed by atoms with Gasteiger partial charge in [0.2, 0.25) is 5.91 Å². The quantitative estimate of drug-likeness (QED) is 0.266. The third-order valence-corrected chi connectivity index (χ3v) is 7.61. The van der Waals surface area contributed by atoms with Crippen LogP contribution < -0.4 is 16.2 Å². The second-order valence-corrected chi connectivity index (χ2v) is 10.8. The van der Waals surface area contributed by atoms with Gasteiger partial charge in [0.1, 0.15) is 0 Å². The van der Waals surface area contributed by atoms with E-state index in [2.05, 4.69) is 21.3 Å². The summed E-state index contributed by atoms with van der Waals surface area (Å²) in [6.07, 6.45) is 3.56. The van der Waals surface area contributed by atoms with Gasteiger partial charge in [-0.3, -0.25) is 34.7 Å². The van der Waals surface area contributed by atoms with Crippen LogP contribution in [0.4, 0.5) is 0 Å². The summed E-state index contributed by atoms with van der Waals surface area (Å²) in [7, 11) is 1.87. The standard InChI is InChI=1S/C31H36N6O5/c1-20(22-10-8-11-23(19-22)25-15-18-36(2)35-25)32-29(39)24-12-5-4-9-21(24)13-14-26(38)33-34-30(40)27-28(42-27)31(41)37-16-6-3-7-17-37/h4-5,8-12,15,18-20,27-28H,3,6-7,13-14,16-17H2,1-2H3,(H,32,39)(H,33,38)(H,34,40)/t20-,27+,28+/m1/s1. The molecular formula is C31H36N6O5. The number of hydrazine groups is 1.